The predicted octanol–water partition coefficient (Wildman–Crippen LogP) is 1.65. The molecule has 0 fully saturated rings. The molecule has 0 aromatic heterocycles. The highest BCUT2D eigenvalue weighted by molar-refractivity contribution is 5.76. The van der Waals surface area contributed by atoms with Crippen molar-refractivity contribution < 1.29 is 5.11 Å². The van der Waals surface area contributed by atoms with Crippen LogP contribution in [0.4, 0.5) is 5.69 Å². The monoisotopic (exact) mass is 133 g/mol. The summed E-state index contributed by atoms with van der Waals surface area (Å²) in [6.07, 6.45) is 2.75. The lowest BCUT2D eigenvalue weighted by molar-refractivity contribution is 0.475. The summed E-state index contributed by atoms with van der Waals surface area (Å²) in [5.41, 5.74) is 2.10. The normalized spacial score (nSPS) is 13.6. The van der Waals surface area contributed by atoms with Crippen LogP contribution < -0.4 is 0 Å². The third-order valence-electron chi connectivity index (χ3n) is 1.61. The molecule has 1 heterocycles. The molecule has 0 aliphatic carbocycles. The van der Waals surface area contributed by atoms with Gasteiger partial charge in [-0.05, 0) is 11.6 Å². The van der Waals surface area contributed by atoms with E-state index in [0.717, 1.165) is 12.1 Å². The van der Waals surface area contributed by atoms with E-state index in [2.05, 4.69) is 4.99 Å². The van der Waals surface area contributed by atoms with Gasteiger partial charge in [0.15, 0.2) is 0 Å². The minimum atomic E-state index is 0.290. The van der Waals surface area contributed by atoms with Gasteiger partial charge in [0.1, 0.15) is 5.75 Å². The number of fused-ring (bicyclic) bond motifs is 1. The number of aromatic hydroxyl groups is 1. The Morgan fingerprint density at radius 1 is 1.40 bits per heavy atom. The van der Waals surface area contributed by atoms with E-state index in [-0.39, 0.29) is 5.75 Å². The van der Waals surface area contributed by atoms with Crippen molar-refractivity contribution in [3.63, 3.8) is 0 Å². The van der Waals surface area contributed by atoms with Crippen LogP contribution in [-0.4, -0.2) is 11.3 Å². The van der Waals surface area contributed by atoms with Gasteiger partial charge in [-0.2, -0.15) is 0 Å². The molecule has 1 N–H and O–H groups in total. The average Bonchev–Trinajstić information content (AvgIpc) is 2.33. The molecule has 0 radical (unpaired) electrons. The molecule has 50 valence electrons. The van der Waals surface area contributed by atoms with Gasteiger partial charge < -0.3 is 5.11 Å². The number of phenols is 1. The van der Waals surface area contributed by atoms with Crippen molar-refractivity contribution in [1.82, 2.24) is 0 Å². The molecule has 1 aliphatic rings. The number of hydrogen-bond donors (Lipinski definition) is 1. The van der Waals surface area contributed by atoms with E-state index in [1.165, 1.54) is 5.56 Å². The number of benzene rings is 1. The molecule has 10 heavy (non-hydrogen) atoms. The van der Waals surface area contributed by atoms with Crippen molar-refractivity contribution in [1.29, 1.82) is 0 Å². The van der Waals surface area contributed by atoms with Crippen LogP contribution in [0.5, 0.6) is 5.75 Å². The fourth-order valence-electron chi connectivity index (χ4n) is 1.09. The number of phenolic OH excluding ortho intramolecular Hbond substituents is 1. The molecule has 1 aromatic carbocycles. The molecule has 1 aromatic rings. The maximum absolute atomic E-state index is 9.02. The van der Waals surface area contributed by atoms with E-state index in [1.54, 1.807) is 12.1 Å². The maximum atomic E-state index is 9.02. The van der Waals surface area contributed by atoms with Gasteiger partial charge >= 0.3 is 0 Å². The third kappa shape index (κ3) is 0.692. The van der Waals surface area contributed by atoms with Gasteiger partial charge in [-0.3, -0.25) is 4.99 Å². The first-order valence-electron chi connectivity index (χ1n) is 3.21. The molecule has 0 amide bonds. The Bertz CT molecular complexity index is 291. The van der Waals surface area contributed by atoms with Crippen molar-refractivity contribution in [3.8, 4) is 5.75 Å². The molecule has 0 saturated carbocycles. The van der Waals surface area contributed by atoms with Gasteiger partial charge in [0.2, 0.25) is 0 Å². The molecule has 0 saturated heterocycles. The van der Waals surface area contributed by atoms with Crippen LogP contribution in [0.3, 0.4) is 0 Å². The summed E-state index contributed by atoms with van der Waals surface area (Å²) < 4.78 is 0. The van der Waals surface area contributed by atoms with E-state index >= 15 is 0 Å². The van der Waals surface area contributed by atoms with Gasteiger partial charge in [-0.25, -0.2) is 0 Å². The molecule has 2 nitrogen and oxygen atoms in total. The summed E-state index contributed by atoms with van der Waals surface area (Å²) in [6.45, 7) is 0. The van der Waals surface area contributed by atoms with Crippen LogP contribution in [0, 0.1) is 0 Å². The fraction of sp³-hybridized carbons (Fsp3) is 0.125. The van der Waals surface area contributed by atoms with Crippen LogP contribution in [0.25, 0.3) is 0 Å². The quantitative estimate of drug-likeness (QED) is 0.573. The predicted molar refractivity (Wildman–Crippen MR) is 40.0 cm³/mol. The third-order valence-corrected chi connectivity index (χ3v) is 1.61. The standard InChI is InChI=1S/C8H7NO/c10-7-2-1-6-3-4-9-8(6)5-7/h1-2,4-5,10H,3H2. The highest BCUT2D eigenvalue weighted by Crippen LogP contribution is 2.27. The van der Waals surface area contributed by atoms with Crippen molar-refractivity contribution in [2.75, 3.05) is 0 Å². The Labute approximate surface area is 58.8 Å². The van der Waals surface area contributed by atoms with Crippen LogP contribution in [0.1, 0.15) is 5.56 Å². The van der Waals surface area contributed by atoms with Crippen molar-refractivity contribution in [3.05, 3.63) is 23.8 Å². The van der Waals surface area contributed by atoms with Crippen molar-refractivity contribution in [2.24, 2.45) is 4.99 Å². The molecule has 0 spiro atoms. The first-order valence-corrected chi connectivity index (χ1v) is 3.21. The molecule has 2 heteroatoms. The molecular formula is C8H7NO. The van der Waals surface area contributed by atoms with Crippen LogP contribution in [0.2, 0.25) is 0 Å². The van der Waals surface area contributed by atoms with Crippen LogP contribution in [-0.2, 0) is 6.42 Å². The molecular weight excluding hydrogens is 126 g/mol. The van der Waals surface area contributed by atoms with E-state index in [0.29, 0.717) is 0 Å². The number of aliphatic imine (C=N–C) groups is 1. The molecule has 0 unspecified atom stereocenters. The SMILES string of the molecule is Oc1ccc2c(c1)N=CC2. The second kappa shape index (κ2) is 1.84. The van der Waals surface area contributed by atoms with Crippen LogP contribution >= 0.6 is 0 Å². The summed E-state index contributed by atoms with van der Waals surface area (Å²) in [5.74, 6) is 0.290. The summed E-state index contributed by atoms with van der Waals surface area (Å²) in [6, 6.07) is 5.27. The topological polar surface area (TPSA) is 32.6 Å². The number of rotatable bonds is 0. The van der Waals surface area contributed by atoms with E-state index in [4.69, 9.17) is 5.11 Å². The zero-order valence-electron chi connectivity index (χ0n) is 5.41. The second-order valence-electron chi connectivity index (χ2n) is 2.33. The van der Waals surface area contributed by atoms with Gasteiger partial charge in [0, 0.05) is 18.7 Å². The highest BCUT2D eigenvalue weighted by Gasteiger charge is 2.05. The average molecular weight is 133 g/mol. The van der Waals surface area contributed by atoms with Gasteiger partial charge in [0.05, 0.1) is 5.69 Å². The van der Waals surface area contributed by atoms with E-state index in [9.17, 15) is 0 Å². The van der Waals surface area contributed by atoms with E-state index < -0.39 is 0 Å². The Kier molecular flexibility index (Phi) is 1.01. The van der Waals surface area contributed by atoms with Gasteiger partial charge in [-0.15, -0.1) is 0 Å². The molecule has 2 rings (SSSR count). The smallest absolute Gasteiger partial charge is 0.117 e. The Hall–Kier alpha value is -1.31. The second-order valence-corrected chi connectivity index (χ2v) is 2.33. The van der Waals surface area contributed by atoms with Crippen LogP contribution in [0.15, 0.2) is 23.2 Å². The summed E-state index contributed by atoms with van der Waals surface area (Å²) in [7, 11) is 0. The Morgan fingerprint density at radius 3 is 3.20 bits per heavy atom. The lowest BCUT2D eigenvalue weighted by Gasteiger charge is -1.95. The first-order chi connectivity index (χ1) is 4.86. The van der Waals surface area contributed by atoms with Crippen molar-refractivity contribution in [2.45, 2.75) is 6.42 Å². The minimum Gasteiger partial charge on any atom is -0.508 e. The summed E-state index contributed by atoms with van der Waals surface area (Å²) in [5, 5.41) is 9.02. The van der Waals surface area contributed by atoms with Gasteiger partial charge in [-0.1, -0.05) is 6.07 Å². The summed E-state index contributed by atoms with van der Waals surface area (Å²) >= 11 is 0. The zero-order valence-corrected chi connectivity index (χ0v) is 5.41. The molecule has 0 bridgehead atoms. The minimum absolute atomic E-state index is 0.290. The Morgan fingerprint density at radius 2 is 2.30 bits per heavy atom. The van der Waals surface area contributed by atoms with Gasteiger partial charge in [0.25, 0.3) is 0 Å². The number of hydrogen-bond acceptors (Lipinski definition) is 2. The lowest BCUT2D eigenvalue weighted by Crippen LogP contribution is -1.76. The number of nitrogens with zero attached hydrogens (tertiary/aromatic N) is 1. The highest BCUT2D eigenvalue weighted by atomic mass is 16.3. The lowest BCUT2D eigenvalue weighted by atomic mass is 10.1. The first kappa shape index (κ1) is 5.47. The largest absolute Gasteiger partial charge is 0.508 e. The van der Waals surface area contributed by atoms with E-state index in [1.807, 2.05) is 12.3 Å². The Balaban J connectivity index is 2.60. The molecule has 0 atom stereocenters. The fourth-order valence-corrected chi connectivity index (χ4v) is 1.09. The molecule has 1 aliphatic heterocycles. The zero-order chi connectivity index (χ0) is 6.97. The summed E-state index contributed by atoms with van der Waals surface area (Å²) in [4.78, 5) is 4.08. The van der Waals surface area contributed by atoms with Crippen molar-refractivity contribution >= 4 is 11.9 Å². The maximum Gasteiger partial charge on any atom is 0.117 e.